The molecule has 0 bridgehead atoms. The monoisotopic (exact) mass is 315 g/mol. The quantitative estimate of drug-likeness (QED) is 0.695. The van der Waals surface area contributed by atoms with E-state index >= 15 is 0 Å². The summed E-state index contributed by atoms with van der Waals surface area (Å²) >= 11 is 0. The molecule has 3 N–H and O–H groups in total. The van der Waals surface area contributed by atoms with Gasteiger partial charge in [-0.25, -0.2) is 0 Å². The van der Waals surface area contributed by atoms with Crippen LogP contribution in [0.15, 0.2) is 72.3 Å². The van der Waals surface area contributed by atoms with Crippen molar-refractivity contribution in [3.8, 4) is 0 Å². The Balaban J connectivity index is 1.51. The van der Waals surface area contributed by atoms with E-state index in [0.717, 1.165) is 5.56 Å². The summed E-state index contributed by atoms with van der Waals surface area (Å²) in [5.74, 6) is 0. The summed E-state index contributed by atoms with van der Waals surface area (Å²) in [5.41, 5.74) is 4.09. The zero-order valence-electron chi connectivity index (χ0n) is 13.2. The Morgan fingerprint density at radius 3 is 2.79 bits per heavy atom. The van der Waals surface area contributed by atoms with Gasteiger partial charge in [-0.2, -0.15) is 0 Å². The first-order chi connectivity index (χ1) is 11.7. The Kier molecular flexibility index (Phi) is 3.94. The van der Waals surface area contributed by atoms with Gasteiger partial charge in [-0.05, 0) is 38.7 Å². The number of fused-ring (bicyclic) bond motifs is 2. The Bertz CT molecular complexity index is 960. The van der Waals surface area contributed by atoms with Crippen LogP contribution in [-0.2, 0) is 6.54 Å². The average Bonchev–Trinajstić information content (AvgIpc) is 2.98. The largest absolute Gasteiger partial charge is 0.488 e. The summed E-state index contributed by atoms with van der Waals surface area (Å²) in [5, 5.41) is 24.6. The molecule has 0 saturated carbocycles. The molecule has 2 aliphatic rings. The number of nitrogens with one attached hydrogen (secondary N) is 1. The Labute approximate surface area is 141 Å². The number of rotatable bonds is 4. The van der Waals surface area contributed by atoms with E-state index in [2.05, 4.69) is 53.9 Å². The van der Waals surface area contributed by atoms with Crippen molar-refractivity contribution >= 4 is 24.2 Å². The van der Waals surface area contributed by atoms with Gasteiger partial charge in [0.05, 0.1) is 0 Å². The molecule has 0 amide bonds. The lowest BCUT2D eigenvalue weighted by atomic mass is 9.79. The van der Waals surface area contributed by atoms with Crippen LogP contribution < -0.4 is 21.2 Å². The number of hydrogen-bond donors (Lipinski definition) is 3. The van der Waals surface area contributed by atoms with Gasteiger partial charge in [-0.15, -0.1) is 0 Å². The van der Waals surface area contributed by atoms with Crippen molar-refractivity contribution in [1.82, 2.24) is 5.32 Å². The van der Waals surface area contributed by atoms with E-state index < -0.39 is 7.12 Å². The zero-order chi connectivity index (χ0) is 16.5. The fraction of sp³-hybridized carbons (Fsp3) is 0.100. The molecule has 0 saturated heterocycles. The molecule has 3 nitrogen and oxygen atoms in total. The molecule has 4 heteroatoms. The highest BCUT2D eigenvalue weighted by molar-refractivity contribution is 6.58. The summed E-state index contributed by atoms with van der Waals surface area (Å²) in [6, 6.07) is 15.9. The van der Waals surface area contributed by atoms with Crippen LogP contribution in [0.5, 0.6) is 0 Å². The van der Waals surface area contributed by atoms with E-state index in [1.807, 2.05) is 18.2 Å². The minimum absolute atomic E-state index is 0.164. The van der Waals surface area contributed by atoms with Gasteiger partial charge < -0.3 is 15.4 Å². The van der Waals surface area contributed by atoms with Crippen LogP contribution >= 0.6 is 0 Å². The van der Waals surface area contributed by atoms with Crippen LogP contribution in [0.2, 0.25) is 0 Å². The first kappa shape index (κ1) is 15.2. The van der Waals surface area contributed by atoms with Crippen LogP contribution in [0, 0.1) is 0 Å². The molecule has 2 aromatic rings. The minimum atomic E-state index is -1.43. The van der Waals surface area contributed by atoms with E-state index in [4.69, 9.17) is 0 Å². The molecule has 0 radical (unpaired) electrons. The Hall–Kier alpha value is -2.40. The summed E-state index contributed by atoms with van der Waals surface area (Å²) in [4.78, 5) is 0. The number of hydrogen-bond acceptors (Lipinski definition) is 3. The summed E-state index contributed by atoms with van der Waals surface area (Å²) in [7, 11) is -1.43. The van der Waals surface area contributed by atoms with Crippen LogP contribution in [0.3, 0.4) is 0 Å². The van der Waals surface area contributed by atoms with Crippen molar-refractivity contribution in [2.45, 2.75) is 12.6 Å². The fourth-order valence-corrected chi connectivity index (χ4v) is 3.27. The van der Waals surface area contributed by atoms with E-state index in [1.165, 1.54) is 21.6 Å². The molecule has 0 spiro atoms. The molecule has 0 aromatic heterocycles. The molecule has 1 unspecified atom stereocenters. The Morgan fingerprint density at radius 1 is 1.04 bits per heavy atom. The smallest absolute Gasteiger partial charge is 0.423 e. The summed E-state index contributed by atoms with van der Waals surface area (Å²) < 4.78 is 0. The average molecular weight is 315 g/mol. The van der Waals surface area contributed by atoms with Gasteiger partial charge in [0, 0.05) is 12.6 Å². The van der Waals surface area contributed by atoms with Crippen molar-refractivity contribution in [1.29, 1.82) is 0 Å². The van der Waals surface area contributed by atoms with Crippen molar-refractivity contribution in [2.24, 2.45) is 0 Å². The molecule has 2 aliphatic carbocycles. The maximum absolute atomic E-state index is 9.26. The first-order valence-corrected chi connectivity index (χ1v) is 8.10. The second-order valence-electron chi connectivity index (χ2n) is 6.15. The van der Waals surface area contributed by atoms with Crippen LogP contribution in [0.4, 0.5) is 0 Å². The molecule has 1 atom stereocenters. The van der Waals surface area contributed by atoms with Crippen LogP contribution in [0.25, 0.3) is 11.6 Å². The summed E-state index contributed by atoms with van der Waals surface area (Å²) in [6.45, 7) is 0.668. The van der Waals surface area contributed by atoms with E-state index in [9.17, 15) is 10.0 Å². The number of allylic oxidation sites excluding steroid dienone is 2. The Morgan fingerprint density at radius 2 is 1.92 bits per heavy atom. The van der Waals surface area contributed by atoms with Gasteiger partial charge in [0.15, 0.2) is 0 Å². The van der Waals surface area contributed by atoms with Gasteiger partial charge in [0.2, 0.25) is 0 Å². The maximum atomic E-state index is 9.26. The van der Waals surface area contributed by atoms with Crippen LogP contribution in [0.1, 0.15) is 5.56 Å². The highest BCUT2D eigenvalue weighted by Gasteiger charge is 2.15. The highest BCUT2D eigenvalue weighted by Crippen LogP contribution is 2.21. The first-order valence-electron chi connectivity index (χ1n) is 8.10. The molecule has 0 heterocycles. The third-order valence-electron chi connectivity index (χ3n) is 4.49. The van der Waals surface area contributed by atoms with Crippen LogP contribution in [-0.4, -0.2) is 23.2 Å². The normalized spacial score (nSPS) is 17.8. The molecule has 24 heavy (non-hydrogen) atoms. The molecular formula is C20H18BNO2. The third kappa shape index (κ3) is 2.87. The molecule has 118 valence electrons. The molecule has 2 aromatic carbocycles. The van der Waals surface area contributed by atoms with E-state index in [-0.39, 0.29) is 6.04 Å². The number of benzene rings is 2. The molecular weight excluding hydrogens is 297 g/mol. The predicted octanol–water partition coefficient (Wildman–Crippen LogP) is -0.0342. The molecule has 4 rings (SSSR count). The lowest BCUT2D eigenvalue weighted by molar-refractivity contribution is 0.425. The fourth-order valence-electron chi connectivity index (χ4n) is 3.27. The third-order valence-corrected chi connectivity index (χ3v) is 4.49. The van der Waals surface area contributed by atoms with Crippen molar-refractivity contribution in [3.05, 3.63) is 88.3 Å². The predicted molar refractivity (Wildman–Crippen MR) is 97.7 cm³/mol. The molecule has 0 fully saturated rings. The van der Waals surface area contributed by atoms with E-state index in [0.29, 0.717) is 12.0 Å². The second kappa shape index (κ2) is 6.25. The van der Waals surface area contributed by atoms with Crippen molar-refractivity contribution in [2.75, 3.05) is 0 Å². The van der Waals surface area contributed by atoms with Gasteiger partial charge in [-0.1, -0.05) is 66.8 Å². The van der Waals surface area contributed by atoms with Crippen molar-refractivity contribution < 1.29 is 10.0 Å². The standard InChI is InChI=1S/C20H18BNO2/c23-21(24)17-6-3-4-14(10-17)13-22-18-8-9-20-16(12-18)11-15-5-1-2-7-19(15)20/h1-12,18,22-24H,13H2. The highest BCUT2D eigenvalue weighted by atomic mass is 16.4. The van der Waals surface area contributed by atoms with Gasteiger partial charge in [0.25, 0.3) is 0 Å². The van der Waals surface area contributed by atoms with Gasteiger partial charge in [-0.3, -0.25) is 0 Å². The second-order valence-corrected chi connectivity index (χ2v) is 6.15. The van der Waals surface area contributed by atoms with E-state index in [1.54, 1.807) is 6.07 Å². The molecule has 0 aliphatic heterocycles. The lowest BCUT2D eigenvalue weighted by Gasteiger charge is -2.17. The zero-order valence-corrected chi connectivity index (χ0v) is 13.2. The lowest BCUT2D eigenvalue weighted by Crippen LogP contribution is -2.31. The topological polar surface area (TPSA) is 52.5 Å². The maximum Gasteiger partial charge on any atom is 0.488 e. The van der Waals surface area contributed by atoms with Gasteiger partial charge in [0.1, 0.15) is 0 Å². The summed E-state index contributed by atoms with van der Waals surface area (Å²) in [6.07, 6.45) is 8.81. The van der Waals surface area contributed by atoms with Gasteiger partial charge >= 0.3 is 7.12 Å². The van der Waals surface area contributed by atoms with Crippen molar-refractivity contribution in [3.63, 3.8) is 0 Å². The SMILES string of the molecule is OB(O)c1cccc(CNC2C=CC3=c4ccccc4=CC3=C2)c1. The minimum Gasteiger partial charge on any atom is -0.423 e.